The molecule has 1 unspecified atom stereocenters. The van der Waals surface area contributed by atoms with Gasteiger partial charge in [-0.15, -0.1) is 0 Å². The summed E-state index contributed by atoms with van der Waals surface area (Å²) in [7, 11) is 0. The highest BCUT2D eigenvalue weighted by molar-refractivity contribution is 5.68. The predicted molar refractivity (Wildman–Crippen MR) is 69.1 cm³/mol. The minimum atomic E-state index is -0.507. The number of carbonyl (C=O) groups is 1. The van der Waals surface area contributed by atoms with Crippen molar-refractivity contribution in [1.82, 2.24) is 4.90 Å². The minimum absolute atomic E-state index is 0.123. The van der Waals surface area contributed by atoms with E-state index in [0.717, 1.165) is 18.4 Å². The Morgan fingerprint density at radius 1 is 1.35 bits per heavy atom. The first-order chi connectivity index (χ1) is 8.16. The summed E-state index contributed by atoms with van der Waals surface area (Å²) in [4.78, 5) is 13.5. The molecule has 3 nitrogen and oxygen atoms in total. The lowest BCUT2D eigenvalue weighted by Gasteiger charge is -2.30. The molecule has 0 aliphatic heterocycles. The molecule has 0 aliphatic carbocycles. The Kier molecular flexibility index (Phi) is 5.32. The van der Waals surface area contributed by atoms with Gasteiger partial charge in [-0.1, -0.05) is 37.3 Å². The zero-order chi connectivity index (χ0) is 12.7. The Labute approximate surface area is 103 Å². The lowest BCUT2D eigenvalue weighted by Crippen LogP contribution is -2.41. The Morgan fingerprint density at radius 3 is 2.47 bits per heavy atom. The van der Waals surface area contributed by atoms with Gasteiger partial charge in [-0.2, -0.15) is 0 Å². The first kappa shape index (κ1) is 13.9. The Balaban J connectivity index is 2.85. The molecule has 0 amide bonds. The highest BCUT2D eigenvalue weighted by atomic mass is 16.3. The molecule has 0 saturated carbocycles. The van der Waals surface area contributed by atoms with E-state index in [9.17, 15) is 4.79 Å². The fourth-order valence-electron chi connectivity index (χ4n) is 1.97. The first-order valence-corrected chi connectivity index (χ1v) is 6.01. The fourth-order valence-corrected chi connectivity index (χ4v) is 1.97. The fraction of sp³-hybridized carbons (Fsp3) is 0.500. The van der Waals surface area contributed by atoms with Crippen molar-refractivity contribution in [1.29, 1.82) is 0 Å². The molecule has 0 bridgehead atoms. The number of aliphatic hydroxyl groups excluding tert-OH is 1. The van der Waals surface area contributed by atoms with Crippen LogP contribution in [0.15, 0.2) is 30.3 Å². The summed E-state index contributed by atoms with van der Waals surface area (Å²) in [6, 6.07) is 9.78. The molecular formula is C14H21NO2. The molecular weight excluding hydrogens is 214 g/mol. The molecule has 17 heavy (non-hydrogen) atoms. The van der Waals surface area contributed by atoms with Gasteiger partial charge in [0.05, 0.1) is 12.0 Å². The van der Waals surface area contributed by atoms with Crippen LogP contribution >= 0.6 is 0 Å². The van der Waals surface area contributed by atoms with Gasteiger partial charge in [-0.05, 0) is 19.0 Å². The molecule has 0 aliphatic rings. The van der Waals surface area contributed by atoms with E-state index in [4.69, 9.17) is 5.11 Å². The number of hydrogen-bond donors (Lipinski definition) is 1. The number of rotatable bonds is 7. The third-order valence-corrected chi connectivity index (χ3v) is 3.11. The van der Waals surface area contributed by atoms with E-state index in [1.807, 2.05) is 44.2 Å². The molecule has 1 aromatic rings. The standard InChI is InChI=1S/C14H21NO2/c1-3-15(9-10-16)11-14(2,12-17)13-7-5-4-6-8-13/h4-8,12,16H,3,9-11H2,1-2H3. The van der Waals surface area contributed by atoms with Crippen LogP contribution < -0.4 is 0 Å². The average molecular weight is 235 g/mol. The van der Waals surface area contributed by atoms with Gasteiger partial charge in [0.15, 0.2) is 0 Å². The van der Waals surface area contributed by atoms with Gasteiger partial charge in [-0.3, -0.25) is 0 Å². The third kappa shape index (κ3) is 3.65. The molecule has 1 atom stereocenters. The largest absolute Gasteiger partial charge is 0.395 e. The second kappa shape index (κ2) is 6.52. The van der Waals surface area contributed by atoms with Crippen LogP contribution in [0.2, 0.25) is 0 Å². The number of aldehydes is 1. The number of likely N-dealkylation sites (N-methyl/N-ethyl adjacent to an activating group) is 1. The summed E-state index contributed by atoms with van der Waals surface area (Å²) in [6.07, 6.45) is 1.00. The highest BCUT2D eigenvalue weighted by Crippen LogP contribution is 2.22. The molecule has 0 spiro atoms. The van der Waals surface area contributed by atoms with Crippen molar-refractivity contribution in [3.63, 3.8) is 0 Å². The van der Waals surface area contributed by atoms with Crippen molar-refractivity contribution < 1.29 is 9.90 Å². The number of hydrogen-bond acceptors (Lipinski definition) is 3. The zero-order valence-corrected chi connectivity index (χ0v) is 10.6. The molecule has 0 saturated heterocycles. The quantitative estimate of drug-likeness (QED) is 0.727. The molecule has 0 aromatic heterocycles. The monoisotopic (exact) mass is 235 g/mol. The van der Waals surface area contributed by atoms with Crippen LogP contribution in [-0.2, 0) is 10.2 Å². The molecule has 3 heteroatoms. The van der Waals surface area contributed by atoms with Crippen molar-refractivity contribution in [2.24, 2.45) is 0 Å². The van der Waals surface area contributed by atoms with E-state index in [2.05, 4.69) is 4.90 Å². The van der Waals surface area contributed by atoms with Gasteiger partial charge in [0.25, 0.3) is 0 Å². The Morgan fingerprint density at radius 2 is 2.00 bits per heavy atom. The van der Waals surface area contributed by atoms with Crippen LogP contribution in [0.3, 0.4) is 0 Å². The molecule has 1 N–H and O–H groups in total. The van der Waals surface area contributed by atoms with E-state index in [-0.39, 0.29) is 6.61 Å². The SMILES string of the molecule is CCN(CCO)CC(C)(C=O)c1ccccc1. The molecule has 1 aromatic carbocycles. The lowest BCUT2D eigenvalue weighted by molar-refractivity contribution is -0.112. The molecule has 0 radical (unpaired) electrons. The smallest absolute Gasteiger partial charge is 0.131 e. The van der Waals surface area contributed by atoms with Crippen LogP contribution in [0.25, 0.3) is 0 Å². The van der Waals surface area contributed by atoms with Crippen LogP contribution in [0.4, 0.5) is 0 Å². The maximum atomic E-state index is 11.4. The second-order valence-electron chi connectivity index (χ2n) is 4.49. The summed E-state index contributed by atoms with van der Waals surface area (Å²) in [5, 5.41) is 8.98. The molecule has 0 fully saturated rings. The van der Waals surface area contributed by atoms with Crippen LogP contribution in [0, 0.1) is 0 Å². The molecule has 1 rings (SSSR count). The van der Waals surface area contributed by atoms with E-state index in [0.29, 0.717) is 13.1 Å². The van der Waals surface area contributed by atoms with Crippen LogP contribution in [0.1, 0.15) is 19.4 Å². The maximum absolute atomic E-state index is 11.4. The summed E-state index contributed by atoms with van der Waals surface area (Å²) in [5.74, 6) is 0. The minimum Gasteiger partial charge on any atom is -0.395 e. The van der Waals surface area contributed by atoms with Gasteiger partial charge >= 0.3 is 0 Å². The number of nitrogens with zero attached hydrogens (tertiary/aromatic N) is 1. The number of aliphatic hydroxyl groups is 1. The maximum Gasteiger partial charge on any atom is 0.131 e. The predicted octanol–water partition coefficient (Wildman–Crippen LogP) is 1.46. The van der Waals surface area contributed by atoms with Crippen LogP contribution in [0.5, 0.6) is 0 Å². The van der Waals surface area contributed by atoms with E-state index in [1.54, 1.807) is 0 Å². The van der Waals surface area contributed by atoms with Crippen molar-refractivity contribution in [2.75, 3.05) is 26.2 Å². The summed E-state index contributed by atoms with van der Waals surface area (Å²) < 4.78 is 0. The Bertz CT molecular complexity index is 339. The van der Waals surface area contributed by atoms with Gasteiger partial charge in [0, 0.05) is 13.1 Å². The van der Waals surface area contributed by atoms with E-state index < -0.39 is 5.41 Å². The topological polar surface area (TPSA) is 40.5 Å². The molecule has 0 heterocycles. The average Bonchev–Trinajstić information content (AvgIpc) is 2.39. The lowest BCUT2D eigenvalue weighted by atomic mass is 9.83. The second-order valence-corrected chi connectivity index (χ2v) is 4.49. The number of benzene rings is 1. The van der Waals surface area contributed by atoms with Crippen molar-refractivity contribution in [3.8, 4) is 0 Å². The number of carbonyl (C=O) groups excluding carboxylic acids is 1. The van der Waals surface area contributed by atoms with Gasteiger partial charge in [0.1, 0.15) is 6.29 Å². The van der Waals surface area contributed by atoms with Crippen molar-refractivity contribution in [2.45, 2.75) is 19.3 Å². The van der Waals surface area contributed by atoms with Crippen molar-refractivity contribution >= 4 is 6.29 Å². The summed E-state index contributed by atoms with van der Waals surface area (Å²) in [6.45, 7) is 6.17. The highest BCUT2D eigenvalue weighted by Gasteiger charge is 2.28. The first-order valence-electron chi connectivity index (χ1n) is 6.01. The van der Waals surface area contributed by atoms with Gasteiger partial charge in [-0.25, -0.2) is 0 Å². The Hall–Kier alpha value is -1.19. The third-order valence-electron chi connectivity index (χ3n) is 3.11. The van der Waals surface area contributed by atoms with E-state index in [1.165, 1.54) is 0 Å². The van der Waals surface area contributed by atoms with Gasteiger partial charge < -0.3 is 14.8 Å². The summed E-state index contributed by atoms with van der Waals surface area (Å²) >= 11 is 0. The van der Waals surface area contributed by atoms with Crippen molar-refractivity contribution in [3.05, 3.63) is 35.9 Å². The zero-order valence-electron chi connectivity index (χ0n) is 10.6. The van der Waals surface area contributed by atoms with Gasteiger partial charge in [0.2, 0.25) is 0 Å². The van der Waals surface area contributed by atoms with E-state index >= 15 is 0 Å². The normalized spacial score (nSPS) is 14.6. The van der Waals surface area contributed by atoms with Crippen LogP contribution in [-0.4, -0.2) is 42.5 Å². The molecule has 94 valence electrons. The summed E-state index contributed by atoms with van der Waals surface area (Å²) in [5.41, 5.74) is 0.512.